The molecule has 0 saturated heterocycles. The van der Waals surface area contributed by atoms with E-state index in [1.807, 2.05) is 12.1 Å². The molecule has 1 aliphatic heterocycles. The third kappa shape index (κ3) is 2.59. The van der Waals surface area contributed by atoms with Crippen molar-refractivity contribution >= 4 is 21.6 Å². The largest absolute Gasteiger partial charge is 0.496 e. The lowest BCUT2D eigenvalue weighted by Gasteiger charge is -2.08. The molecule has 15 heavy (non-hydrogen) atoms. The molecule has 0 saturated carbocycles. The Kier molecular flexibility index (Phi) is 3.41. The van der Waals surface area contributed by atoms with Gasteiger partial charge in [0.1, 0.15) is 5.75 Å². The summed E-state index contributed by atoms with van der Waals surface area (Å²) in [6.45, 7) is 0.994. The van der Waals surface area contributed by atoms with Gasteiger partial charge in [0.15, 0.2) is 0 Å². The summed E-state index contributed by atoms with van der Waals surface area (Å²) in [7, 11) is 1.71. The van der Waals surface area contributed by atoms with E-state index in [-0.39, 0.29) is 0 Å². The van der Waals surface area contributed by atoms with Gasteiger partial charge in [-0.25, -0.2) is 0 Å². The van der Waals surface area contributed by atoms with E-state index < -0.39 is 0 Å². The highest BCUT2D eigenvalue weighted by molar-refractivity contribution is 9.10. The zero-order valence-electron chi connectivity index (χ0n) is 8.79. The summed E-state index contributed by atoms with van der Waals surface area (Å²) in [5, 5.41) is 0. The van der Waals surface area contributed by atoms with Gasteiger partial charge in [-0.2, -0.15) is 0 Å². The summed E-state index contributed by atoms with van der Waals surface area (Å²) < 4.78 is 6.40. The zero-order valence-corrected chi connectivity index (χ0v) is 10.4. The van der Waals surface area contributed by atoms with E-state index in [1.165, 1.54) is 17.7 Å². The number of nitrogens with zero attached hydrogens (tertiary/aromatic N) is 1. The first-order chi connectivity index (χ1) is 7.29. The molecule has 1 aromatic rings. The fraction of sp³-hybridized carbons (Fsp3) is 0.417. The van der Waals surface area contributed by atoms with Crippen molar-refractivity contribution in [3.05, 3.63) is 28.2 Å². The monoisotopic (exact) mass is 267 g/mol. The quantitative estimate of drug-likeness (QED) is 0.824. The van der Waals surface area contributed by atoms with Gasteiger partial charge in [-0.3, -0.25) is 4.99 Å². The number of ether oxygens (including phenoxy) is 1. The molecule has 0 amide bonds. The SMILES string of the molecule is COc1cc(Br)ccc1CC1=NCCC1. The molecule has 1 aromatic carbocycles. The lowest BCUT2D eigenvalue weighted by Crippen LogP contribution is -2.01. The summed E-state index contributed by atoms with van der Waals surface area (Å²) >= 11 is 3.44. The predicted octanol–water partition coefficient (Wildman–Crippen LogP) is 3.24. The van der Waals surface area contributed by atoms with Gasteiger partial charge in [0, 0.05) is 23.1 Å². The molecular weight excluding hydrogens is 254 g/mol. The molecule has 0 fully saturated rings. The minimum Gasteiger partial charge on any atom is -0.496 e. The Morgan fingerprint density at radius 1 is 1.47 bits per heavy atom. The van der Waals surface area contributed by atoms with Gasteiger partial charge in [0.05, 0.1) is 7.11 Å². The summed E-state index contributed by atoms with van der Waals surface area (Å²) in [6.07, 6.45) is 3.27. The van der Waals surface area contributed by atoms with Gasteiger partial charge in [0.25, 0.3) is 0 Å². The maximum atomic E-state index is 5.35. The van der Waals surface area contributed by atoms with Crippen LogP contribution in [0.1, 0.15) is 18.4 Å². The number of hydrogen-bond donors (Lipinski definition) is 0. The second kappa shape index (κ2) is 4.79. The highest BCUT2D eigenvalue weighted by Gasteiger charge is 2.10. The van der Waals surface area contributed by atoms with Crippen molar-refractivity contribution in [3.8, 4) is 5.75 Å². The van der Waals surface area contributed by atoms with Crippen LogP contribution in [-0.2, 0) is 6.42 Å². The molecule has 0 spiro atoms. The van der Waals surface area contributed by atoms with Crippen LogP contribution in [0.4, 0.5) is 0 Å². The Hall–Kier alpha value is -0.830. The second-order valence-electron chi connectivity index (χ2n) is 3.68. The number of benzene rings is 1. The average Bonchev–Trinajstić information content (AvgIpc) is 2.73. The maximum absolute atomic E-state index is 5.35. The number of aliphatic imine (C=N–C) groups is 1. The molecule has 0 bridgehead atoms. The molecule has 3 heteroatoms. The van der Waals surface area contributed by atoms with Crippen LogP contribution in [0.5, 0.6) is 5.75 Å². The van der Waals surface area contributed by atoms with Gasteiger partial charge in [-0.15, -0.1) is 0 Å². The van der Waals surface area contributed by atoms with Crippen LogP contribution in [0.2, 0.25) is 0 Å². The molecule has 0 radical (unpaired) electrons. The molecule has 1 heterocycles. The Balaban J connectivity index is 2.19. The molecule has 0 N–H and O–H groups in total. The lowest BCUT2D eigenvalue weighted by atomic mass is 10.1. The molecular formula is C12H14BrNO. The first-order valence-electron chi connectivity index (χ1n) is 5.14. The minimum atomic E-state index is 0.927. The van der Waals surface area contributed by atoms with Gasteiger partial charge in [-0.1, -0.05) is 22.0 Å². The number of hydrogen-bond acceptors (Lipinski definition) is 2. The average molecular weight is 268 g/mol. The summed E-state index contributed by atoms with van der Waals surface area (Å²) in [5.41, 5.74) is 2.52. The Bertz CT molecular complexity index is 387. The van der Waals surface area contributed by atoms with Crippen molar-refractivity contribution in [1.82, 2.24) is 0 Å². The van der Waals surface area contributed by atoms with E-state index in [4.69, 9.17) is 4.74 Å². The normalized spacial score (nSPS) is 15.2. The topological polar surface area (TPSA) is 21.6 Å². The summed E-state index contributed by atoms with van der Waals surface area (Å²) in [6, 6.07) is 6.15. The highest BCUT2D eigenvalue weighted by Crippen LogP contribution is 2.25. The van der Waals surface area contributed by atoms with E-state index in [0.29, 0.717) is 0 Å². The second-order valence-corrected chi connectivity index (χ2v) is 4.60. The molecule has 0 aromatic heterocycles. The van der Waals surface area contributed by atoms with Crippen LogP contribution in [-0.4, -0.2) is 19.4 Å². The first-order valence-corrected chi connectivity index (χ1v) is 5.93. The summed E-state index contributed by atoms with van der Waals surface area (Å²) in [5.74, 6) is 0.943. The van der Waals surface area contributed by atoms with Crippen LogP contribution in [0.25, 0.3) is 0 Å². The van der Waals surface area contributed by atoms with Crippen LogP contribution in [0.15, 0.2) is 27.7 Å². The molecule has 1 aliphatic rings. The van der Waals surface area contributed by atoms with Gasteiger partial charge in [0.2, 0.25) is 0 Å². The van der Waals surface area contributed by atoms with Gasteiger partial charge in [-0.05, 0) is 30.5 Å². The van der Waals surface area contributed by atoms with E-state index in [0.717, 1.165) is 29.6 Å². The van der Waals surface area contributed by atoms with Crippen molar-refractivity contribution in [2.24, 2.45) is 4.99 Å². The standard InChI is InChI=1S/C12H14BrNO/c1-15-12-8-10(13)5-4-9(12)7-11-3-2-6-14-11/h4-5,8H,2-3,6-7H2,1H3. The van der Waals surface area contributed by atoms with Gasteiger partial charge >= 0.3 is 0 Å². The lowest BCUT2D eigenvalue weighted by molar-refractivity contribution is 0.410. The highest BCUT2D eigenvalue weighted by atomic mass is 79.9. The molecule has 0 aliphatic carbocycles. The zero-order chi connectivity index (χ0) is 10.7. The van der Waals surface area contributed by atoms with Crippen molar-refractivity contribution in [2.45, 2.75) is 19.3 Å². The van der Waals surface area contributed by atoms with E-state index in [1.54, 1.807) is 7.11 Å². The Morgan fingerprint density at radius 3 is 3.00 bits per heavy atom. The Morgan fingerprint density at radius 2 is 2.33 bits per heavy atom. The molecule has 0 unspecified atom stereocenters. The van der Waals surface area contributed by atoms with Crippen molar-refractivity contribution in [2.75, 3.05) is 13.7 Å². The fourth-order valence-electron chi connectivity index (χ4n) is 1.83. The van der Waals surface area contributed by atoms with E-state index in [9.17, 15) is 0 Å². The molecule has 0 atom stereocenters. The van der Waals surface area contributed by atoms with Crippen molar-refractivity contribution < 1.29 is 4.74 Å². The third-order valence-corrected chi connectivity index (χ3v) is 3.10. The number of methoxy groups -OCH3 is 1. The predicted molar refractivity (Wildman–Crippen MR) is 65.9 cm³/mol. The molecule has 2 nitrogen and oxygen atoms in total. The molecule has 2 rings (SSSR count). The summed E-state index contributed by atoms with van der Waals surface area (Å²) in [4.78, 5) is 4.48. The van der Waals surface area contributed by atoms with Crippen LogP contribution >= 0.6 is 15.9 Å². The third-order valence-electron chi connectivity index (χ3n) is 2.60. The van der Waals surface area contributed by atoms with E-state index in [2.05, 4.69) is 27.0 Å². The minimum absolute atomic E-state index is 0.927. The fourth-order valence-corrected chi connectivity index (χ4v) is 2.17. The number of rotatable bonds is 3. The van der Waals surface area contributed by atoms with Crippen molar-refractivity contribution in [3.63, 3.8) is 0 Å². The van der Waals surface area contributed by atoms with Gasteiger partial charge < -0.3 is 4.74 Å². The number of halogens is 1. The van der Waals surface area contributed by atoms with Crippen LogP contribution < -0.4 is 4.74 Å². The van der Waals surface area contributed by atoms with Crippen LogP contribution in [0.3, 0.4) is 0 Å². The smallest absolute Gasteiger partial charge is 0.123 e. The van der Waals surface area contributed by atoms with Crippen LogP contribution in [0, 0.1) is 0 Å². The van der Waals surface area contributed by atoms with E-state index >= 15 is 0 Å². The molecule has 80 valence electrons. The Labute approximate surface area is 98.5 Å². The first kappa shape index (κ1) is 10.7. The maximum Gasteiger partial charge on any atom is 0.123 e. The van der Waals surface area contributed by atoms with Crippen molar-refractivity contribution in [1.29, 1.82) is 0 Å².